The summed E-state index contributed by atoms with van der Waals surface area (Å²) in [6.45, 7) is 6.57. The zero-order valence-corrected chi connectivity index (χ0v) is 54.1. The topological polar surface area (TPSA) is 78.9 Å². The molecule has 0 spiro atoms. The molecule has 0 rings (SSSR count). The number of rotatable bonds is 65. The van der Waals surface area contributed by atoms with Crippen molar-refractivity contribution in [1.29, 1.82) is 0 Å². The summed E-state index contributed by atoms with van der Waals surface area (Å²) < 4.78 is 16.9. The minimum atomic E-state index is -0.788. The fourth-order valence-corrected chi connectivity index (χ4v) is 10.3. The Morgan fingerprint density at radius 2 is 0.457 bits per heavy atom. The molecule has 0 aromatic heterocycles. The molecular weight excluding hydrogens is 997 g/mol. The van der Waals surface area contributed by atoms with Crippen LogP contribution in [0.5, 0.6) is 0 Å². The molecule has 0 saturated carbocycles. The first-order valence-corrected chi connectivity index (χ1v) is 35.4. The summed E-state index contributed by atoms with van der Waals surface area (Å²) in [7, 11) is 0. The quantitative estimate of drug-likeness (QED) is 0.0261. The number of carbonyl (C=O) groups excluding carboxylic acids is 3. The van der Waals surface area contributed by atoms with E-state index < -0.39 is 6.10 Å². The Morgan fingerprint density at radius 1 is 0.247 bits per heavy atom. The van der Waals surface area contributed by atoms with E-state index in [1.165, 1.54) is 218 Å². The van der Waals surface area contributed by atoms with Gasteiger partial charge in [0.1, 0.15) is 13.2 Å². The standard InChI is InChI=1S/C75H134O6/c1-4-7-10-13-16-19-22-25-28-29-30-31-32-33-34-35-36-37-38-39-40-41-42-43-44-45-46-47-48-51-53-56-59-62-65-68-74(77)80-71-72(81-75(78)69-66-63-60-57-54-50-27-24-21-18-15-12-9-6-3)70-79-73(76)67-64-61-58-55-52-49-26-23-20-17-14-11-8-5-2/h14-15,17-18,22-27,29-30,72H,4-13,16,19-21,28,31-71H2,1-3H3/b17-14-,18-15-,25-22-,26-23-,27-24-,30-29-. The van der Waals surface area contributed by atoms with Crippen LogP contribution in [0.15, 0.2) is 72.9 Å². The molecule has 470 valence electrons. The largest absolute Gasteiger partial charge is 0.462 e. The second-order valence-electron chi connectivity index (χ2n) is 23.8. The second-order valence-corrected chi connectivity index (χ2v) is 23.8. The van der Waals surface area contributed by atoms with Gasteiger partial charge in [0.15, 0.2) is 6.10 Å². The van der Waals surface area contributed by atoms with Gasteiger partial charge < -0.3 is 14.2 Å². The van der Waals surface area contributed by atoms with Gasteiger partial charge in [-0.2, -0.15) is 0 Å². The molecule has 0 aliphatic rings. The summed E-state index contributed by atoms with van der Waals surface area (Å²) in [5, 5.41) is 0. The SMILES string of the molecule is CCCC/C=C\C/C=C\CCCCCCCC(=O)OCC(COC(=O)CCCCCCCCCCCCCCCCCCCCCCCCC/C=C\C/C=C\CCCCCCC)OC(=O)CCCCCCC/C=C\C/C=C\CCCC. The van der Waals surface area contributed by atoms with Crippen molar-refractivity contribution >= 4 is 17.9 Å². The van der Waals surface area contributed by atoms with Crippen LogP contribution in [0.3, 0.4) is 0 Å². The lowest BCUT2D eigenvalue weighted by molar-refractivity contribution is -0.167. The van der Waals surface area contributed by atoms with Crippen LogP contribution in [0.25, 0.3) is 0 Å². The van der Waals surface area contributed by atoms with Gasteiger partial charge in [0, 0.05) is 19.3 Å². The molecule has 0 aliphatic carbocycles. The van der Waals surface area contributed by atoms with Crippen LogP contribution >= 0.6 is 0 Å². The van der Waals surface area contributed by atoms with Crippen molar-refractivity contribution in [1.82, 2.24) is 0 Å². The van der Waals surface area contributed by atoms with Gasteiger partial charge >= 0.3 is 17.9 Å². The summed E-state index contributed by atoms with van der Waals surface area (Å²) in [5.41, 5.74) is 0. The van der Waals surface area contributed by atoms with Crippen LogP contribution < -0.4 is 0 Å². The Labute approximate surface area is 503 Å². The normalized spacial score (nSPS) is 12.5. The number of hydrogen-bond donors (Lipinski definition) is 0. The molecule has 81 heavy (non-hydrogen) atoms. The third-order valence-electron chi connectivity index (χ3n) is 15.7. The Hall–Kier alpha value is -3.15. The molecule has 0 aromatic carbocycles. The lowest BCUT2D eigenvalue weighted by Gasteiger charge is -2.18. The van der Waals surface area contributed by atoms with Crippen molar-refractivity contribution in [2.45, 2.75) is 374 Å². The van der Waals surface area contributed by atoms with E-state index in [0.29, 0.717) is 19.3 Å². The number of hydrogen-bond acceptors (Lipinski definition) is 6. The molecule has 6 nitrogen and oxygen atoms in total. The third kappa shape index (κ3) is 67.5. The highest BCUT2D eigenvalue weighted by atomic mass is 16.6. The molecule has 0 fully saturated rings. The van der Waals surface area contributed by atoms with E-state index in [1.807, 2.05) is 0 Å². The first-order chi connectivity index (χ1) is 40.0. The van der Waals surface area contributed by atoms with Crippen LogP contribution in [-0.4, -0.2) is 37.2 Å². The van der Waals surface area contributed by atoms with Crippen LogP contribution in [0.2, 0.25) is 0 Å². The molecule has 0 saturated heterocycles. The predicted octanol–water partition coefficient (Wildman–Crippen LogP) is 24.4. The number of esters is 3. The molecule has 1 atom stereocenters. The Bertz CT molecular complexity index is 1490. The number of ether oxygens (including phenoxy) is 3. The Kier molecular flexibility index (Phi) is 66.6. The summed E-state index contributed by atoms with van der Waals surface area (Å²) in [6.07, 6.45) is 90.9. The van der Waals surface area contributed by atoms with Crippen molar-refractivity contribution in [3.05, 3.63) is 72.9 Å². The van der Waals surface area contributed by atoms with Crippen LogP contribution in [-0.2, 0) is 28.6 Å². The minimum Gasteiger partial charge on any atom is -0.462 e. The molecule has 6 heteroatoms. The number of unbranched alkanes of at least 4 members (excludes halogenated alkanes) is 42. The van der Waals surface area contributed by atoms with Crippen LogP contribution in [0.4, 0.5) is 0 Å². The molecule has 0 heterocycles. The summed E-state index contributed by atoms with van der Waals surface area (Å²) >= 11 is 0. The minimum absolute atomic E-state index is 0.0823. The molecule has 0 aromatic rings. The van der Waals surface area contributed by atoms with Crippen LogP contribution in [0, 0.1) is 0 Å². The van der Waals surface area contributed by atoms with Gasteiger partial charge in [-0.25, -0.2) is 0 Å². The van der Waals surface area contributed by atoms with Gasteiger partial charge in [0.05, 0.1) is 0 Å². The fourth-order valence-electron chi connectivity index (χ4n) is 10.3. The third-order valence-corrected chi connectivity index (χ3v) is 15.7. The van der Waals surface area contributed by atoms with E-state index in [4.69, 9.17) is 14.2 Å². The van der Waals surface area contributed by atoms with Crippen molar-refractivity contribution in [2.75, 3.05) is 13.2 Å². The molecule has 1 unspecified atom stereocenters. The molecular formula is C75H134O6. The average molecular weight is 1130 g/mol. The zero-order chi connectivity index (χ0) is 58.5. The Balaban J connectivity index is 4.08. The maximum absolute atomic E-state index is 12.9. The second kappa shape index (κ2) is 69.3. The maximum atomic E-state index is 12.9. The number of carbonyl (C=O) groups is 3. The molecule has 0 aliphatic heterocycles. The van der Waals surface area contributed by atoms with Gasteiger partial charge in [0.2, 0.25) is 0 Å². The molecule has 0 amide bonds. The number of allylic oxidation sites excluding steroid dienone is 12. The summed E-state index contributed by atoms with van der Waals surface area (Å²) in [4.78, 5) is 38.3. The van der Waals surface area contributed by atoms with E-state index in [2.05, 4.69) is 93.7 Å². The lowest BCUT2D eigenvalue weighted by Crippen LogP contribution is -2.30. The monoisotopic (exact) mass is 1130 g/mol. The predicted molar refractivity (Wildman–Crippen MR) is 353 cm³/mol. The highest BCUT2D eigenvalue weighted by molar-refractivity contribution is 5.71. The lowest BCUT2D eigenvalue weighted by atomic mass is 10.0. The van der Waals surface area contributed by atoms with Crippen molar-refractivity contribution < 1.29 is 28.6 Å². The highest BCUT2D eigenvalue weighted by Gasteiger charge is 2.19. The average Bonchev–Trinajstić information content (AvgIpc) is 3.47. The van der Waals surface area contributed by atoms with E-state index in [0.717, 1.165) is 109 Å². The van der Waals surface area contributed by atoms with Gasteiger partial charge in [-0.3, -0.25) is 14.4 Å². The van der Waals surface area contributed by atoms with Gasteiger partial charge in [-0.15, -0.1) is 0 Å². The van der Waals surface area contributed by atoms with E-state index >= 15 is 0 Å². The summed E-state index contributed by atoms with van der Waals surface area (Å²) in [6, 6.07) is 0. The smallest absolute Gasteiger partial charge is 0.306 e. The van der Waals surface area contributed by atoms with Crippen molar-refractivity contribution in [3.8, 4) is 0 Å². The highest BCUT2D eigenvalue weighted by Crippen LogP contribution is 2.18. The van der Waals surface area contributed by atoms with Crippen molar-refractivity contribution in [3.63, 3.8) is 0 Å². The zero-order valence-electron chi connectivity index (χ0n) is 54.1. The molecule has 0 N–H and O–H groups in total. The molecule has 0 bridgehead atoms. The molecule has 0 radical (unpaired) electrons. The Morgan fingerprint density at radius 3 is 0.716 bits per heavy atom. The first-order valence-electron chi connectivity index (χ1n) is 35.4. The van der Waals surface area contributed by atoms with E-state index in [1.54, 1.807) is 0 Å². The van der Waals surface area contributed by atoms with Gasteiger partial charge in [0.25, 0.3) is 0 Å². The van der Waals surface area contributed by atoms with Crippen molar-refractivity contribution in [2.24, 2.45) is 0 Å². The maximum Gasteiger partial charge on any atom is 0.306 e. The van der Waals surface area contributed by atoms with E-state index in [-0.39, 0.29) is 31.1 Å². The van der Waals surface area contributed by atoms with Gasteiger partial charge in [-0.05, 0) is 103 Å². The van der Waals surface area contributed by atoms with Gasteiger partial charge in [-0.1, -0.05) is 318 Å². The van der Waals surface area contributed by atoms with Crippen LogP contribution in [0.1, 0.15) is 367 Å². The van der Waals surface area contributed by atoms with E-state index in [9.17, 15) is 14.4 Å². The first kappa shape index (κ1) is 77.9. The fraction of sp³-hybridized carbons (Fsp3) is 0.800. The summed E-state index contributed by atoms with van der Waals surface area (Å²) in [5.74, 6) is -0.894.